The summed E-state index contributed by atoms with van der Waals surface area (Å²) in [5.74, 6) is 0. The van der Waals surface area contributed by atoms with E-state index in [0.717, 1.165) is 0 Å². The number of hydrogen-bond donors (Lipinski definition) is 1. The van der Waals surface area contributed by atoms with E-state index < -0.39 is 0 Å². The van der Waals surface area contributed by atoms with Crippen LogP contribution < -0.4 is 17.3 Å². The van der Waals surface area contributed by atoms with Crippen LogP contribution in [-0.4, -0.2) is 20.1 Å². The molecule has 1 nitrogen and oxygen atoms in total. The number of hydrogen-bond acceptors (Lipinski definition) is 0. The summed E-state index contributed by atoms with van der Waals surface area (Å²) in [7, 11) is 2.25. The molecule has 1 atom stereocenters. The molecule has 0 aliphatic carbocycles. The van der Waals surface area contributed by atoms with Crippen LogP contribution in [0.1, 0.15) is 26.7 Å². The minimum absolute atomic E-state index is 0. The van der Waals surface area contributed by atoms with Gasteiger partial charge < -0.3 is 17.3 Å². The molecule has 1 N–H and O–H groups in total. The van der Waals surface area contributed by atoms with Crippen molar-refractivity contribution < 1.29 is 17.3 Å². The standard InChI is InChI=1S/C7H17N.ClH/c1-4-6-7-8(3)5-2;/h4-7H2,1-3H3;1H. The third-order valence-corrected chi connectivity index (χ3v) is 1.56. The zero-order valence-corrected chi connectivity index (χ0v) is 7.46. The molecule has 0 rings (SSSR count). The number of quaternary nitrogens is 1. The molecule has 0 fully saturated rings. The zero-order valence-electron chi connectivity index (χ0n) is 6.71. The Balaban J connectivity index is 0. The van der Waals surface area contributed by atoms with Gasteiger partial charge in [0.05, 0.1) is 20.1 Å². The van der Waals surface area contributed by atoms with Crippen LogP contribution in [0.5, 0.6) is 0 Å². The van der Waals surface area contributed by atoms with Gasteiger partial charge in [-0.3, -0.25) is 0 Å². The summed E-state index contributed by atoms with van der Waals surface area (Å²) in [6, 6.07) is 0. The van der Waals surface area contributed by atoms with E-state index in [1.807, 2.05) is 0 Å². The second-order valence-electron chi connectivity index (χ2n) is 2.41. The van der Waals surface area contributed by atoms with Crippen LogP contribution in [0, 0.1) is 0 Å². The minimum atomic E-state index is 0. The Labute approximate surface area is 64.8 Å². The van der Waals surface area contributed by atoms with E-state index in [1.165, 1.54) is 25.9 Å². The monoisotopic (exact) mass is 151 g/mol. The first-order valence-electron chi connectivity index (χ1n) is 3.62. The molecule has 0 spiro atoms. The van der Waals surface area contributed by atoms with Crippen LogP contribution in [0.3, 0.4) is 0 Å². The molecule has 0 heterocycles. The summed E-state index contributed by atoms with van der Waals surface area (Å²) in [4.78, 5) is 1.65. The number of rotatable bonds is 4. The lowest BCUT2D eigenvalue weighted by molar-refractivity contribution is -0.877. The molecule has 0 aromatic carbocycles. The minimum Gasteiger partial charge on any atom is -1.00 e. The van der Waals surface area contributed by atoms with Crippen molar-refractivity contribution in [2.45, 2.75) is 26.7 Å². The fourth-order valence-electron chi connectivity index (χ4n) is 0.655. The Morgan fingerprint density at radius 3 is 2.11 bits per heavy atom. The van der Waals surface area contributed by atoms with Crippen LogP contribution in [-0.2, 0) is 0 Å². The molecule has 0 bridgehead atoms. The average molecular weight is 152 g/mol. The van der Waals surface area contributed by atoms with Crippen molar-refractivity contribution >= 4 is 0 Å². The molecule has 0 aliphatic rings. The molecule has 58 valence electrons. The van der Waals surface area contributed by atoms with Crippen LogP contribution in [0.4, 0.5) is 0 Å². The van der Waals surface area contributed by atoms with Gasteiger partial charge in [-0.1, -0.05) is 13.3 Å². The molecule has 0 aromatic heterocycles. The third kappa shape index (κ3) is 8.25. The summed E-state index contributed by atoms with van der Waals surface area (Å²) >= 11 is 0. The van der Waals surface area contributed by atoms with Gasteiger partial charge in [-0.2, -0.15) is 0 Å². The highest BCUT2D eigenvalue weighted by molar-refractivity contribution is 4.26. The van der Waals surface area contributed by atoms with Crippen LogP contribution >= 0.6 is 0 Å². The van der Waals surface area contributed by atoms with E-state index in [0.29, 0.717) is 0 Å². The number of halogens is 1. The van der Waals surface area contributed by atoms with Crippen molar-refractivity contribution in [2.24, 2.45) is 0 Å². The predicted molar refractivity (Wildman–Crippen MR) is 37.2 cm³/mol. The van der Waals surface area contributed by atoms with Crippen molar-refractivity contribution in [1.82, 2.24) is 0 Å². The van der Waals surface area contributed by atoms with Crippen molar-refractivity contribution in [1.29, 1.82) is 0 Å². The predicted octanol–water partition coefficient (Wildman–Crippen LogP) is -2.67. The Bertz CT molecular complexity index is 48.2. The van der Waals surface area contributed by atoms with Gasteiger partial charge in [0.25, 0.3) is 0 Å². The Kier molecular flexibility index (Phi) is 11.0. The first-order valence-corrected chi connectivity index (χ1v) is 3.62. The molecule has 0 aliphatic heterocycles. The topological polar surface area (TPSA) is 4.44 Å². The van der Waals surface area contributed by atoms with Crippen molar-refractivity contribution in [3.63, 3.8) is 0 Å². The van der Waals surface area contributed by atoms with Crippen molar-refractivity contribution in [2.75, 3.05) is 20.1 Å². The SMILES string of the molecule is CCCC[NH+](C)CC.[Cl-]. The van der Waals surface area contributed by atoms with E-state index in [2.05, 4.69) is 20.9 Å². The Hall–Kier alpha value is 0.250. The van der Waals surface area contributed by atoms with Gasteiger partial charge in [0.15, 0.2) is 0 Å². The highest BCUT2D eigenvalue weighted by Gasteiger charge is 1.92. The maximum Gasteiger partial charge on any atom is 0.0768 e. The van der Waals surface area contributed by atoms with Gasteiger partial charge in [0.1, 0.15) is 0 Å². The van der Waals surface area contributed by atoms with E-state index in [4.69, 9.17) is 0 Å². The summed E-state index contributed by atoms with van der Waals surface area (Å²) in [6.45, 7) is 7.07. The van der Waals surface area contributed by atoms with E-state index >= 15 is 0 Å². The number of unbranched alkanes of at least 4 members (excludes halogenated alkanes) is 1. The van der Waals surface area contributed by atoms with Gasteiger partial charge >= 0.3 is 0 Å². The first-order chi connectivity index (χ1) is 3.81. The largest absolute Gasteiger partial charge is 1.00 e. The van der Waals surface area contributed by atoms with Gasteiger partial charge in [-0.15, -0.1) is 0 Å². The second-order valence-corrected chi connectivity index (χ2v) is 2.41. The molecule has 9 heavy (non-hydrogen) atoms. The summed E-state index contributed by atoms with van der Waals surface area (Å²) in [5, 5.41) is 0. The molecule has 0 amide bonds. The van der Waals surface area contributed by atoms with Gasteiger partial charge in [0, 0.05) is 0 Å². The number of nitrogens with one attached hydrogen (secondary N) is 1. The van der Waals surface area contributed by atoms with Gasteiger partial charge in [-0.05, 0) is 13.3 Å². The Morgan fingerprint density at radius 2 is 1.78 bits per heavy atom. The Morgan fingerprint density at radius 1 is 1.22 bits per heavy atom. The van der Waals surface area contributed by atoms with Crippen molar-refractivity contribution in [3.05, 3.63) is 0 Å². The fraction of sp³-hybridized carbons (Fsp3) is 1.00. The summed E-state index contributed by atoms with van der Waals surface area (Å²) < 4.78 is 0. The highest BCUT2D eigenvalue weighted by Crippen LogP contribution is 1.77. The van der Waals surface area contributed by atoms with E-state index in [-0.39, 0.29) is 12.4 Å². The van der Waals surface area contributed by atoms with E-state index in [9.17, 15) is 0 Å². The zero-order chi connectivity index (χ0) is 6.41. The van der Waals surface area contributed by atoms with Gasteiger partial charge in [0.2, 0.25) is 0 Å². The molecule has 2 heteroatoms. The lowest BCUT2D eigenvalue weighted by Gasteiger charge is -2.08. The molecule has 0 aromatic rings. The lowest BCUT2D eigenvalue weighted by atomic mass is 10.3. The third-order valence-electron chi connectivity index (χ3n) is 1.56. The van der Waals surface area contributed by atoms with Gasteiger partial charge in [-0.25, -0.2) is 0 Å². The molecule has 0 saturated heterocycles. The van der Waals surface area contributed by atoms with Crippen molar-refractivity contribution in [3.8, 4) is 0 Å². The van der Waals surface area contributed by atoms with Crippen LogP contribution in [0.25, 0.3) is 0 Å². The quantitative estimate of drug-likeness (QED) is 0.447. The average Bonchev–Trinajstić information content (AvgIpc) is 1.83. The molecular weight excluding hydrogens is 134 g/mol. The normalized spacial score (nSPS) is 12.3. The smallest absolute Gasteiger partial charge is 0.0768 e. The molecule has 0 radical (unpaired) electrons. The maximum absolute atomic E-state index is 2.25. The first kappa shape index (κ1) is 12.0. The summed E-state index contributed by atoms with van der Waals surface area (Å²) in [6.07, 6.45) is 2.71. The molecule has 1 unspecified atom stereocenters. The lowest BCUT2D eigenvalue weighted by Crippen LogP contribution is -3.08. The second kappa shape index (κ2) is 8.25. The highest BCUT2D eigenvalue weighted by atomic mass is 35.5. The van der Waals surface area contributed by atoms with Crippen LogP contribution in [0.2, 0.25) is 0 Å². The maximum atomic E-state index is 2.25. The molecule has 0 saturated carbocycles. The van der Waals surface area contributed by atoms with E-state index in [1.54, 1.807) is 4.90 Å². The van der Waals surface area contributed by atoms with Crippen LogP contribution in [0.15, 0.2) is 0 Å². The summed E-state index contributed by atoms with van der Waals surface area (Å²) in [5.41, 5.74) is 0. The molecular formula is C7H18ClN. The fourth-order valence-corrected chi connectivity index (χ4v) is 0.655.